The van der Waals surface area contributed by atoms with Crippen LogP contribution in [0, 0.1) is 5.41 Å². The smallest absolute Gasteiger partial charge is 0.203 e. The number of rotatable bonds is 8. The minimum absolute atomic E-state index is 0. The molecule has 0 aliphatic rings. The number of nitrogens with one attached hydrogen (secondary N) is 1. The number of halogens is 1. The summed E-state index contributed by atoms with van der Waals surface area (Å²) in [4.78, 5) is 13.6. The van der Waals surface area contributed by atoms with Gasteiger partial charge in [-0.25, -0.2) is 0 Å². The normalized spacial score (nSPS) is 11.9. The number of nitrogens with zero attached hydrogens (tertiary/aromatic N) is 2. The summed E-state index contributed by atoms with van der Waals surface area (Å²) in [5.74, 6) is 0.106. The van der Waals surface area contributed by atoms with Gasteiger partial charge in [-0.3, -0.25) is 10.2 Å². The number of methoxy groups -OCH3 is 1. The molecule has 0 amide bonds. The second-order valence-corrected chi connectivity index (χ2v) is 10.1. The van der Waals surface area contributed by atoms with E-state index in [1.54, 1.807) is 44.4 Å². The quantitative estimate of drug-likeness (QED) is 0.290. The van der Waals surface area contributed by atoms with Crippen molar-refractivity contribution in [1.29, 1.82) is 5.41 Å². The Kier molecular flexibility index (Phi) is 8.03. The average molecular weight is 524 g/mol. The Bertz CT molecular complexity index is 1440. The first-order valence-corrected chi connectivity index (χ1v) is 11.9. The van der Waals surface area contributed by atoms with E-state index >= 15 is 0 Å². The lowest BCUT2D eigenvalue weighted by Crippen LogP contribution is -2.28. The number of hydrogen-bond acceptors (Lipinski definition) is 5. The number of Topliss-reactive ketones (excluding diaryl/α,β-unsaturated/α-hetero) is 1. The lowest BCUT2D eigenvalue weighted by Gasteiger charge is -2.28. The van der Waals surface area contributed by atoms with E-state index in [-0.39, 0.29) is 30.4 Å². The van der Waals surface area contributed by atoms with E-state index in [0.717, 1.165) is 16.6 Å². The zero-order valence-corrected chi connectivity index (χ0v) is 22.6. The highest BCUT2D eigenvalue weighted by atomic mass is 35.5. The molecule has 0 aliphatic carbocycles. The fourth-order valence-electron chi connectivity index (χ4n) is 4.53. The molecule has 0 saturated carbocycles. The van der Waals surface area contributed by atoms with Crippen LogP contribution in [0.5, 0.6) is 5.75 Å². The first-order chi connectivity index (χ1) is 16.9. The summed E-state index contributed by atoms with van der Waals surface area (Å²) in [5.41, 5.74) is 1.47. The van der Waals surface area contributed by atoms with Gasteiger partial charge in [0.2, 0.25) is 5.62 Å². The van der Waals surface area contributed by atoms with Crippen molar-refractivity contribution in [3.63, 3.8) is 0 Å². The number of fused-ring (bicyclic) bond motifs is 1. The highest BCUT2D eigenvalue weighted by Gasteiger charge is 2.31. The van der Waals surface area contributed by atoms with E-state index in [1.807, 2.05) is 59.2 Å². The summed E-state index contributed by atoms with van der Waals surface area (Å²) >= 11 is 0. The van der Waals surface area contributed by atoms with Crippen molar-refractivity contribution in [1.82, 2.24) is 9.13 Å². The molecular formula is C29H34ClN3O4. The summed E-state index contributed by atoms with van der Waals surface area (Å²) in [6, 6.07) is 20.8. The van der Waals surface area contributed by atoms with E-state index in [9.17, 15) is 15.0 Å². The van der Waals surface area contributed by atoms with Crippen LogP contribution in [0.2, 0.25) is 0 Å². The Balaban J connectivity index is 0.00000380. The van der Waals surface area contributed by atoms with Crippen molar-refractivity contribution >= 4 is 29.2 Å². The monoisotopic (exact) mass is 523 g/mol. The number of para-hydroxylation sites is 2. The third-order valence-electron chi connectivity index (χ3n) is 6.39. The number of ketones is 1. The average Bonchev–Trinajstić information content (AvgIpc) is 3.08. The van der Waals surface area contributed by atoms with E-state index in [4.69, 9.17) is 10.1 Å². The van der Waals surface area contributed by atoms with Gasteiger partial charge in [0.1, 0.15) is 5.75 Å². The van der Waals surface area contributed by atoms with Gasteiger partial charge in [-0.2, -0.15) is 0 Å². The second kappa shape index (κ2) is 10.5. The van der Waals surface area contributed by atoms with Crippen LogP contribution in [0.1, 0.15) is 54.7 Å². The molecule has 4 rings (SSSR count). The fourth-order valence-corrected chi connectivity index (χ4v) is 4.53. The lowest BCUT2D eigenvalue weighted by molar-refractivity contribution is 0.0660. The summed E-state index contributed by atoms with van der Waals surface area (Å²) in [7, 11) is 1.48. The Morgan fingerprint density at radius 2 is 1.35 bits per heavy atom. The molecule has 0 saturated heterocycles. The minimum atomic E-state index is -1.30. The molecule has 1 aromatic heterocycles. The largest absolute Gasteiger partial charge is 0.496 e. The van der Waals surface area contributed by atoms with E-state index in [0.29, 0.717) is 29.0 Å². The minimum Gasteiger partial charge on any atom is -0.496 e. The molecular weight excluding hydrogens is 490 g/mol. The molecule has 0 atom stereocenters. The van der Waals surface area contributed by atoms with Gasteiger partial charge in [-0.1, -0.05) is 42.5 Å². The molecule has 0 fully saturated rings. The van der Waals surface area contributed by atoms with E-state index in [2.05, 4.69) is 0 Å². The van der Waals surface area contributed by atoms with Crippen LogP contribution >= 0.6 is 12.4 Å². The van der Waals surface area contributed by atoms with Crippen LogP contribution in [-0.4, -0.2) is 32.2 Å². The number of aliphatic hydroxyl groups is 2. The molecule has 0 radical (unpaired) electrons. The topological polar surface area (TPSA) is 100 Å². The number of carbonyl (C=O) groups excluding carboxylic acids is 1. The van der Waals surface area contributed by atoms with Gasteiger partial charge in [0.25, 0.3) is 0 Å². The summed E-state index contributed by atoms with van der Waals surface area (Å²) < 4.78 is 9.13. The molecule has 3 aromatic carbocycles. The number of imidazole rings is 1. The Hall–Kier alpha value is -3.39. The molecule has 3 N–H and O–H groups in total. The van der Waals surface area contributed by atoms with Gasteiger partial charge in [0, 0.05) is 16.7 Å². The van der Waals surface area contributed by atoms with Crippen LogP contribution < -0.4 is 10.4 Å². The summed E-state index contributed by atoms with van der Waals surface area (Å²) in [5, 5.41) is 30.5. The third kappa shape index (κ3) is 5.64. The van der Waals surface area contributed by atoms with Gasteiger partial charge in [-0.05, 0) is 57.5 Å². The van der Waals surface area contributed by atoms with Crippen molar-refractivity contribution < 1.29 is 19.7 Å². The van der Waals surface area contributed by atoms with Crippen LogP contribution in [0.15, 0.2) is 66.7 Å². The van der Waals surface area contributed by atoms with Crippen LogP contribution in [-0.2, 0) is 24.3 Å². The number of aromatic nitrogens is 2. The Morgan fingerprint density at radius 1 is 0.865 bits per heavy atom. The van der Waals surface area contributed by atoms with Crippen molar-refractivity contribution in [2.45, 2.75) is 52.0 Å². The number of carbonyl (C=O) groups is 1. The maximum atomic E-state index is 13.6. The van der Waals surface area contributed by atoms with Crippen LogP contribution in [0.3, 0.4) is 0 Å². The van der Waals surface area contributed by atoms with Crippen molar-refractivity contribution in [2.75, 3.05) is 7.11 Å². The molecule has 0 spiro atoms. The van der Waals surface area contributed by atoms with Crippen molar-refractivity contribution in [2.24, 2.45) is 0 Å². The van der Waals surface area contributed by atoms with Gasteiger partial charge in [0.15, 0.2) is 5.78 Å². The van der Waals surface area contributed by atoms with Crippen molar-refractivity contribution in [3.05, 3.63) is 94.6 Å². The highest BCUT2D eigenvalue weighted by molar-refractivity contribution is 5.97. The lowest BCUT2D eigenvalue weighted by atomic mass is 9.86. The predicted molar refractivity (Wildman–Crippen MR) is 146 cm³/mol. The first kappa shape index (κ1) is 28.2. The Labute approximate surface area is 222 Å². The van der Waals surface area contributed by atoms with E-state index in [1.165, 1.54) is 7.11 Å². The standard InChI is InChI=1S/C29H33N3O4.ClH/c1-28(2,34)21-15-20(16-22(26(21)36-5)29(3,4)35)25(33)18-32-24-14-10-9-13-23(24)31(27(32)30)17-19-11-7-6-8-12-19;/h6-16,30,34-35H,17-18H2,1-5H3;1H. The Morgan fingerprint density at radius 3 is 1.84 bits per heavy atom. The summed E-state index contributed by atoms with van der Waals surface area (Å²) in [6.07, 6.45) is 0. The molecule has 0 unspecified atom stereocenters. The SMILES string of the molecule is COc1c(C(C)(C)O)cc(C(=O)Cn2c(=N)n(Cc3ccccc3)c3ccccc32)cc1C(C)(C)O.Cl. The number of hydrogen-bond donors (Lipinski definition) is 3. The second-order valence-electron chi connectivity index (χ2n) is 10.1. The fraction of sp³-hybridized carbons (Fsp3) is 0.310. The molecule has 7 nitrogen and oxygen atoms in total. The first-order valence-electron chi connectivity index (χ1n) is 11.9. The molecule has 4 aromatic rings. The zero-order chi connectivity index (χ0) is 26.3. The number of benzene rings is 3. The maximum absolute atomic E-state index is 13.6. The van der Waals surface area contributed by atoms with Crippen molar-refractivity contribution in [3.8, 4) is 5.75 Å². The van der Waals surface area contributed by atoms with Gasteiger partial charge < -0.3 is 24.1 Å². The van der Waals surface area contributed by atoms with Crippen LogP contribution in [0.4, 0.5) is 0 Å². The van der Waals surface area contributed by atoms with Gasteiger partial charge in [-0.15, -0.1) is 12.4 Å². The van der Waals surface area contributed by atoms with E-state index < -0.39 is 11.2 Å². The van der Waals surface area contributed by atoms with Gasteiger partial charge in [0.05, 0.1) is 42.4 Å². The van der Waals surface area contributed by atoms with Gasteiger partial charge >= 0.3 is 0 Å². The molecule has 196 valence electrons. The zero-order valence-electron chi connectivity index (χ0n) is 21.8. The number of ether oxygens (including phenoxy) is 1. The molecule has 0 bridgehead atoms. The van der Waals surface area contributed by atoms with Crippen LogP contribution in [0.25, 0.3) is 11.0 Å². The molecule has 8 heteroatoms. The molecule has 0 aliphatic heterocycles. The third-order valence-corrected chi connectivity index (χ3v) is 6.39. The maximum Gasteiger partial charge on any atom is 0.203 e. The predicted octanol–water partition coefficient (Wildman–Crippen LogP) is 4.74. The molecule has 1 heterocycles. The molecule has 37 heavy (non-hydrogen) atoms. The summed E-state index contributed by atoms with van der Waals surface area (Å²) in [6.45, 7) is 6.89. The highest BCUT2D eigenvalue weighted by Crippen LogP contribution is 2.39.